The fourth-order valence-corrected chi connectivity index (χ4v) is 3.10. The summed E-state index contributed by atoms with van der Waals surface area (Å²) < 4.78 is 24.2. The lowest BCUT2D eigenvalue weighted by atomic mass is 10.1. The van der Waals surface area contributed by atoms with Crippen molar-refractivity contribution in [2.75, 3.05) is 12.8 Å². The second kappa shape index (κ2) is 3.94. The third-order valence-electron chi connectivity index (χ3n) is 2.39. The third kappa shape index (κ3) is 2.93. The second-order valence-corrected chi connectivity index (χ2v) is 5.82. The van der Waals surface area contributed by atoms with Crippen LogP contribution < -0.4 is 5.73 Å². The SMILES string of the molecule is CC(N)CC1CCCN1S(C)(=O)=O. The standard InChI is InChI=1S/C8H18N2O2S/c1-7(9)6-8-4-3-5-10(8)13(2,11)12/h7-8H,3-6,9H2,1-2H3. The minimum atomic E-state index is -3.02. The van der Waals surface area contributed by atoms with Crippen LogP contribution in [0.1, 0.15) is 26.2 Å². The molecule has 2 unspecified atom stereocenters. The summed E-state index contributed by atoms with van der Waals surface area (Å²) in [7, 11) is -3.02. The highest BCUT2D eigenvalue weighted by Crippen LogP contribution is 2.23. The van der Waals surface area contributed by atoms with Gasteiger partial charge in [-0.3, -0.25) is 0 Å². The summed E-state index contributed by atoms with van der Waals surface area (Å²) in [6, 6.07) is 0.211. The largest absolute Gasteiger partial charge is 0.328 e. The van der Waals surface area contributed by atoms with Crippen LogP contribution >= 0.6 is 0 Å². The average molecular weight is 206 g/mol. The smallest absolute Gasteiger partial charge is 0.211 e. The first-order chi connectivity index (χ1) is 5.91. The van der Waals surface area contributed by atoms with Gasteiger partial charge in [0.1, 0.15) is 0 Å². The normalized spacial score (nSPS) is 27.8. The van der Waals surface area contributed by atoms with Crippen LogP contribution in [0.5, 0.6) is 0 Å². The predicted octanol–water partition coefficient (Wildman–Crippen LogP) is 0.148. The Balaban J connectivity index is 2.65. The molecule has 1 saturated heterocycles. The number of nitrogens with zero attached hydrogens (tertiary/aromatic N) is 1. The van der Waals surface area contributed by atoms with E-state index in [1.54, 1.807) is 4.31 Å². The first kappa shape index (κ1) is 10.9. The van der Waals surface area contributed by atoms with Gasteiger partial charge in [0.05, 0.1) is 6.26 Å². The monoisotopic (exact) mass is 206 g/mol. The Hall–Kier alpha value is -0.130. The first-order valence-corrected chi connectivity index (χ1v) is 6.48. The molecule has 78 valence electrons. The molecule has 2 atom stereocenters. The van der Waals surface area contributed by atoms with Crippen LogP contribution in [0.2, 0.25) is 0 Å². The van der Waals surface area contributed by atoms with Crippen molar-refractivity contribution in [1.29, 1.82) is 0 Å². The van der Waals surface area contributed by atoms with E-state index in [2.05, 4.69) is 0 Å². The highest BCUT2D eigenvalue weighted by molar-refractivity contribution is 7.88. The minimum Gasteiger partial charge on any atom is -0.328 e. The zero-order valence-electron chi connectivity index (χ0n) is 8.23. The highest BCUT2D eigenvalue weighted by Gasteiger charge is 2.31. The first-order valence-electron chi connectivity index (χ1n) is 4.63. The van der Waals surface area contributed by atoms with Gasteiger partial charge in [0, 0.05) is 18.6 Å². The Morgan fingerprint density at radius 2 is 2.23 bits per heavy atom. The molecule has 0 aromatic heterocycles. The molecule has 0 aromatic carbocycles. The highest BCUT2D eigenvalue weighted by atomic mass is 32.2. The van der Waals surface area contributed by atoms with Gasteiger partial charge in [0.25, 0.3) is 0 Å². The molecule has 4 nitrogen and oxygen atoms in total. The summed E-state index contributed by atoms with van der Waals surface area (Å²) in [4.78, 5) is 0. The molecule has 1 aliphatic heterocycles. The van der Waals surface area contributed by atoms with Crippen LogP contribution in [-0.2, 0) is 10.0 Å². The maximum atomic E-state index is 11.3. The lowest BCUT2D eigenvalue weighted by Gasteiger charge is -2.23. The van der Waals surface area contributed by atoms with Crippen molar-refractivity contribution in [3.63, 3.8) is 0 Å². The van der Waals surface area contributed by atoms with E-state index in [4.69, 9.17) is 5.73 Å². The fourth-order valence-electron chi connectivity index (χ4n) is 1.91. The molecule has 13 heavy (non-hydrogen) atoms. The molecule has 1 heterocycles. The maximum Gasteiger partial charge on any atom is 0.211 e. The number of hydrogen-bond acceptors (Lipinski definition) is 3. The quantitative estimate of drug-likeness (QED) is 0.715. The van der Waals surface area contributed by atoms with E-state index in [-0.39, 0.29) is 12.1 Å². The summed E-state index contributed by atoms with van der Waals surface area (Å²) in [5.41, 5.74) is 5.66. The van der Waals surface area contributed by atoms with Gasteiger partial charge in [-0.2, -0.15) is 4.31 Å². The molecule has 0 amide bonds. The van der Waals surface area contributed by atoms with E-state index in [0.29, 0.717) is 6.54 Å². The summed E-state index contributed by atoms with van der Waals surface area (Å²) in [5, 5.41) is 0. The van der Waals surface area contributed by atoms with Crippen molar-refractivity contribution >= 4 is 10.0 Å². The Morgan fingerprint density at radius 1 is 1.62 bits per heavy atom. The molecule has 0 spiro atoms. The van der Waals surface area contributed by atoms with Gasteiger partial charge in [-0.1, -0.05) is 0 Å². The predicted molar refractivity (Wildman–Crippen MR) is 52.8 cm³/mol. The Morgan fingerprint density at radius 3 is 2.69 bits per heavy atom. The van der Waals surface area contributed by atoms with Crippen molar-refractivity contribution < 1.29 is 8.42 Å². The van der Waals surface area contributed by atoms with E-state index < -0.39 is 10.0 Å². The zero-order valence-corrected chi connectivity index (χ0v) is 9.05. The number of hydrogen-bond donors (Lipinski definition) is 1. The van der Waals surface area contributed by atoms with Crippen LogP contribution in [0.4, 0.5) is 0 Å². The molecule has 0 radical (unpaired) electrons. The average Bonchev–Trinajstić information content (AvgIpc) is 2.31. The van der Waals surface area contributed by atoms with Crippen molar-refractivity contribution in [2.24, 2.45) is 5.73 Å². The summed E-state index contributed by atoms with van der Waals surface area (Å²) >= 11 is 0. The third-order valence-corrected chi connectivity index (χ3v) is 3.73. The molecule has 2 N–H and O–H groups in total. The van der Waals surface area contributed by atoms with E-state index in [0.717, 1.165) is 19.3 Å². The Labute approximate surface area is 80.1 Å². The molecular weight excluding hydrogens is 188 g/mol. The summed E-state index contributed by atoms with van der Waals surface area (Å²) in [6.07, 6.45) is 3.96. The van der Waals surface area contributed by atoms with E-state index in [1.807, 2.05) is 6.92 Å². The molecular formula is C8H18N2O2S. The van der Waals surface area contributed by atoms with Gasteiger partial charge in [-0.05, 0) is 26.2 Å². The van der Waals surface area contributed by atoms with Crippen molar-refractivity contribution in [2.45, 2.75) is 38.3 Å². The van der Waals surface area contributed by atoms with Crippen LogP contribution in [0.15, 0.2) is 0 Å². The summed E-state index contributed by atoms with van der Waals surface area (Å²) in [6.45, 7) is 2.58. The maximum absolute atomic E-state index is 11.3. The topological polar surface area (TPSA) is 63.4 Å². The van der Waals surface area contributed by atoms with E-state index >= 15 is 0 Å². The van der Waals surface area contributed by atoms with Gasteiger partial charge in [-0.15, -0.1) is 0 Å². The molecule has 0 saturated carbocycles. The van der Waals surface area contributed by atoms with Crippen LogP contribution in [0.3, 0.4) is 0 Å². The summed E-state index contributed by atoms with van der Waals surface area (Å²) in [5.74, 6) is 0. The number of nitrogens with two attached hydrogens (primary N) is 1. The van der Waals surface area contributed by atoms with Gasteiger partial charge in [0.15, 0.2) is 0 Å². The van der Waals surface area contributed by atoms with Crippen molar-refractivity contribution in [3.8, 4) is 0 Å². The number of rotatable bonds is 3. The van der Waals surface area contributed by atoms with Gasteiger partial charge < -0.3 is 5.73 Å². The van der Waals surface area contributed by atoms with Crippen molar-refractivity contribution in [3.05, 3.63) is 0 Å². The van der Waals surface area contributed by atoms with Crippen LogP contribution in [0.25, 0.3) is 0 Å². The van der Waals surface area contributed by atoms with E-state index in [1.165, 1.54) is 6.26 Å². The van der Waals surface area contributed by atoms with Gasteiger partial charge in [-0.25, -0.2) is 8.42 Å². The van der Waals surface area contributed by atoms with Crippen molar-refractivity contribution in [1.82, 2.24) is 4.31 Å². The Kier molecular flexibility index (Phi) is 3.32. The van der Waals surface area contributed by atoms with Gasteiger partial charge in [0.2, 0.25) is 10.0 Å². The molecule has 1 rings (SSSR count). The molecule has 5 heteroatoms. The lowest BCUT2D eigenvalue weighted by Crippen LogP contribution is -2.37. The lowest BCUT2D eigenvalue weighted by molar-refractivity contribution is 0.357. The second-order valence-electron chi connectivity index (χ2n) is 3.88. The Bertz CT molecular complexity index is 261. The van der Waals surface area contributed by atoms with E-state index in [9.17, 15) is 8.42 Å². The molecule has 0 bridgehead atoms. The zero-order chi connectivity index (χ0) is 10.1. The van der Waals surface area contributed by atoms with Gasteiger partial charge >= 0.3 is 0 Å². The minimum absolute atomic E-state index is 0.0762. The molecule has 0 aliphatic carbocycles. The molecule has 1 fully saturated rings. The molecule has 0 aromatic rings. The number of sulfonamides is 1. The molecule has 1 aliphatic rings. The van der Waals surface area contributed by atoms with Crippen LogP contribution in [0, 0.1) is 0 Å². The van der Waals surface area contributed by atoms with Crippen LogP contribution in [-0.4, -0.2) is 37.6 Å². The fraction of sp³-hybridized carbons (Fsp3) is 1.00.